The first-order chi connectivity index (χ1) is 11.7. The van der Waals surface area contributed by atoms with Gasteiger partial charge < -0.3 is 9.15 Å². The molecule has 1 aliphatic rings. The highest BCUT2D eigenvalue weighted by atomic mass is 16.5. The SMILES string of the molecule is COc1ccc(C2CC(c3ccccc3)=Cc3oc(C)nc32)cc1. The Hall–Kier alpha value is -2.81. The molecule has 0 radical (unpaired) electrons. The second-order valence-electron chi connectivity index (χ2n) is 6.05. The van der Waals surface area contributed by atoms with Crippen molar-refractivity contribution in [2.75, 3.05) is 7.11 Å². The molecular weight excluding hydrogens is 298 g/mol. The average Bonchev–Trinajstić information content (AvgIpc) is 3.02. The van der Waals surface area contributed by atoms with Crippen LogP contribution in [0.15, 0.2) is 59.0 Å². The van der Waals surface area contributed by atoms with Gasteiger partial charge in [-0.2, -0.15) is 0 Å². The molecule has 3 heteroatoms. The van der Waals surface area contributed by atoms with Gasteiger partial charge in [-0.3, -0.25) is 0 Å². The molecular formula is C21H19NO2. The number of benzene rings is 2. The number of oxazole rings is 1. The van der Waals surface area contributed by atoms with Gasteiger partial charge in [0.05, 0.1) is 12.8 Å². The zero-order chi connectivity index (χ0) is 16.5. The lowest BCUT2D eigenvalue weighted by Crippen LogP contribution is -2.08. The largest absolute Gasteiger partial charge is 0.497 e. The fourth-order valence-corrected chi connectivity index (χ4v) is 3.31. The summed E-state index contributed by atoms with van der Waals surface area (Å²) in [6.07, 6.45) is 3.04. The molecule has 24 heavy (non-hydrogen) atoms. The second kappa shape index (κ2) is 6.00. The van der Waals surface area contributed by atoms with Crippen LogP contribution in [-0.4, -0.2) is 12.1 Å². The molecule has 0 N–H and O–H groups in total. The molecule has 0 aliphatic heterocycles. The maximum absolute atomic E-state index is 5.84. The molecule has 3 nitrogen and oxygen atoms in total. The van der Waals surface area contributed by atoms with Gasteiger partial charge in [0, 0.05) is 12.8 Å². The van der Waals surface area contributed by atoms with Crippen molar-refractivity contribution in [1.82, 2.24) is 4.98 Å². The predicted molar refractivity (Wildman–Crippen MR) is 95.0 cm³/mol. The molecule has 0 bridgehead atoms. The third-order valence-corrected chi connectivity index (χ3v) is 4.51. The highest BCUT2D eigenvalue weighted by molar-refractivity contribution is 5.83. The van der Waals surface area contributed by atoms with Crippen LogP contribution >= 0.6 is 0 Å². The first-order valence-electron chi connectivity index (χ1n) is 8.12. The van der Waals surface area contributed by atoms with Gasteiger partial charge in [0.15, 0.2) is 11.7 Å². The lowest BCUT2D eigenvalue weighted by atomic mass is 9.82. The first kappa shape index (κ1) is 14.8. The number of aryl methyl sites for hydroxylation is 1. The van der Waals surface area contributed by atoms with Crippen LogP contribution in [0.2, 0.25) is 0 Å². The van der Waals surface area contributed by atoms with Gasteiger partial charge in [0.1, 0.15) is 5.75 Å². The lowest BCUT2D eigenvalue weighted by molar-refractivity contribution is 0.414. The van der Waals surface area contributed by atoms with E-state index in [2.05, 4.69) is 47.5 Å². The van der Waals surface area contributed by atoms with E-state index in [0.29, 0.717) is 5.89 Å². The smallest absolute Gasteiger partial charge is 0.192 e. The van der Waals surface area contributed by atoms with Crippen molar-refractivity contribution in [1.29, 1.82) is 0 Å². The van der Waals surface area contributed by atoms with Crippen molar-refractivity contribution in [3.8, 4) is 5.75 Å². The van der Waals surface area contributed by atoms with Gasteiger partial charge >= 0.3 is 0 Å². The van der Waals surface area contributed by atoms with Crippen LogP contribution in [0.3, 0.4) is 0 Å². The Labute approximate surface area is 141 Å². The van der Waals surface area contributed by atoms with E-state index < -0.39 is 0 Å². The van der Waals surface area contributed by atoms with E-state index in [4.69, 9.17) is 9.15 Å². The van der Waals surface area contributed by atoms with Crippen molar-refractivity contribution in [2.24, 2.45) is 0 Å². The minimum Gasteiger partial charge on any atom is -0.497 e. The number of methoxy groups -OCH3 is 1. The fraction of sp³-hybridized carbons (Fsp3) is 0.190. The quantitative estimate of drug-likeness (QED) is 0.676. The van der Waals surface area contributed by atoms with E-state index >= 15 is 0 Å². The van der Waals surface area contributed by atoms with Crippen LogP contribution in [0.4, 0.5) is 0 Å². The maximum Gasteiger partial charge on any atom is 0.192 e. The van der Waals surface area contributed by atoms with Crippen molar-refractivity contribution < 1.29 is 9.15 Å². The molecule has 0 amide bonds. The van der Waals surface area contributed by atoms with Crippen LogP contribution in [0.1, 0.15) is 40.8 Å². The van der Waals surface area contributed by atoms with Gasteiger partial charge in [-0.25, -0.2) is 4.98 Å². The van der Waals surface area contributed by atoms with Crippen LogP contribution in [-0.2, 0) is 0 Å². The Morgan fingerprint density at radius 3 is 2.50 bits per heavy atom. The molecule has 0 saturated carbocycles. The topological polar surface area (TPSA) is 35.3 Å². The summed E-state index contributed by atoms with van der Waals surface area (Å²) in [6, 6.07) is 18.7. The van der Waals surface area contributed by atoms with E-state index in [9.17, 15) is 0 Å². The Morgan fingerprint density at radius 2 is 1.79 bits per heavy atom. The van der Waals surface area contributed by atoms with E-state index in [1.165, 1.54) is 16.7 Å². The summed E-state index contributed by atoms with van der Waals surface area (Å²) >= 11 is 0. The Bertz CT molecular complexity index is 876. The molecule has 0 spiro atoms. The number of hydrogen-bond donors (Lipinski definition) is 0. The molecule has 3 aromatic rings. The third kappa shape index (κ3) is 2.62. The van der Waals surface area contributed by atoms with E-state index in [1.807, 2.05) is 25.1 Å². The standard InChI is InChI=1S/C21H19NO2/c1-14-22-21-19(16-8-10-18(23-2)11-9-16)12-17(13-20(21)24-14)15-6-4-3-5-7-15/h3-11,13,19H,12H2,1-2H3. The molecule has 1 heterocycles. The minimum absolute atomic E-state index is 0.198. The number of fused-ring (bicyclic) bond motifs is 1. The number of allylic oxidation sites excluding steroid dienone is 1. The Balaban J connectivity index is 1.78. The van der Waals surface area contributed by atoms with Crippen LogP contribution in [0.5, 0.6) is 5.75 Å². The molecule has 0 saturated heterocycles. The molecule has 2 aromatic carbocycles. The molecule has 1 unspecified atom stereocenters. The van der Waals surface area contributed by atoms with Gasteiger partial charge in [0.25, 0.3) is 0 Å². The van der Waals surface area contributed by atoms with Gasteiger partial charge in [-0.05, 0) is 41.3 Å². The second-order valence-corrected chi connectivity index (χ2v) is 6.05. The van der Waals surface area contributed by atoms with Gasteiger partial charge in [-0.15, -0.1) is 0 Å². The van der Waals surface area contributed by atoms with Crippen molar-refractivity contribution in [3.05, 3.63) is 83.1 Å². The Kier molecular flexibility index (Phi) is 3.69. The molecule has 4 rings (SSSR count). The lowest BCUT2D eigenvalue weighted by Gasteiger charge is -2.22. The maximum atomic E-state index is 5.84. The zero-order valence-corrected chi connectivity index (χ0v) is 13.8. The van der Waals surface area contributed by atoms with Crippen LogP contribution in [0.25, 0.3) is 11.6 Å². The number of hydrogen-bond acceptors (Lipinski definition) is 3. The van der Waals surface area contributed by atoms with Crippen molar-refractivity contribution in [2.45, 2.75) is 19.3 Å². The summed E-state index contributed by atoms with van der Waals surface area (Å²) in [5.74, 6) is 2.65. The monoisotopic (exact) mass is 317 g/mol. The third-order valence-electron chi connectivity index (χ3n) is 4.51. The molecule has 1 atom stereocenters. The summed E-state index contributed by atoms with van der Waals surface area (Å²) in [5, 5.41) is 0. The summed E-state index contributed by atoms with van der Waals surface area (Å²) < 4.78 is 11.1. The molecule has 1 aromatic heterocycles. The first-order valence-corrected chi connectivity index (χ1v) is 8.12. The predicted octanol–water partition coefficient (Wildman–Crippen LogP) is 5.07. The van der Waals surface area contributed by atoms with E-state index in [0.717, 1.165) is 23.6 Å². The van der Waals surface area contributed by atoms with Gasteiger partial charge in [-0.1, -0.05) is 42.5 Å². The van der Waals surface area contributed by atoms with E-state index in [1.54, 1.807) is 7.11 Å². The molecule has 0 fully saturated rings. The number of ether oxygens (including phenoxy) is 1. The summed E-state index contributed by atoms with van der Waals surface area (Å²) in [4.78, 5) is 4.64. The minimum atomic E-state index is 0.198. The molecule has 1 aliphatic carbocycles. The Morgan fingerprint density at radius 1 is 1.04 bits per heavy atom. The summed E-state index contributed by atoms with van der Waals surface area (Å²) in [7, 11) is 1.69. The summed E-state index contributed by atoms with van der Waals surface area (Å²) in [5.41, 5.74) is 4.76. The highest BCUT2D eigenvalue weighted by Gasteiger charge is 2.28. The summed E-state index contributed by atoms with van der Waals surface area (Å²) in [6.45, 7) is 1.90. The number of rotatable bonds is 3. The average molecular weight is 317 g/mol. The van der Waals surface area contributed by atoms with E-state index in [-0.39, 0.29) is 5.92 Å². The number of aromatic nitrogens is 1. The molecule has 120 valence electrons. The highest BCUT2D eigenvalue weighted by Crippen LogP contribution is 2.41. The van der Waals surface area contributed by atoms with Crippen LogP contribution in [0, 0.1) is 6.92 Å². The normalized spacial score (nSPS) is 16.4. The fourth-order valence-electron chi connectivity index (χ4n) is 3.31. The number of nitrogens with zero attached hydrogens (tertiary/aromatic N) is 1. The van der Waals surface area contributed by atoms with Crippen molar-refractivity contribution in [3.63, 3.8) is 0 Å². The van der Waals surface area contributed by atoms with Gasteiger partial charge in [0.2, 0.25) is 0 Å². The van der Waals surface area contributed by atoms with Crippen molar-refractivity contribution >= 4 is 11.6 Å². The van der Waals surface area contributed by atoms with Crippen LogP contribution < -0.4 is 4.74 Å². The zero-order valence-electron chi connectivity index (χ0n) is 13.8.